The highest BCUT2D eigenvalue weighted by atomic mass is 35.5. The zero-order valence-electron chi connectivity index (χ0n) is 15.4. The van der Waals surface area contributed by atoms with Gasteiger partial charge in [-0.3, -0.25) is 4.99 Å². The minimum absolute atomic E-state index is 0.00484. The van der Waals surface area contributed by atoms with Crippen LogP contribution in [-0.4, -0.2) is 49.4 Å². The summed E-state index contributed by atoms with van der Waals surface area (Å²) in [7, 11) is 1.77. The largest absolute Gasteiger partial charge is 0.375 e. The van der Waals surface area contributed by atoms with Crippen molar-refractivity contribution in [3.8, 4) is 0 Å². The van der Waals surface area contributed by atoms with Crippen LogP contribution >= 0.6 is 11.6 Å². The van der Waals surface area contributed by atoms with E-state index in [9.17, 15) is 0 Å². The van der Waals surface area contributed by atoms with Crippen LogP contribution in [-0.2, 0) is 9.47 Å². The quantitative estimate of drug-likeness (QED) is 0.781. The molecule has 4 aliphatic rings. The van der Waals surface area contributed by atoms with Gasteiger partial charge in [0.15, 0.2) is 6.23 Å². The van der Waals surface area contributed by atoms with Gasteiger partial charge in [-0.2, -0.15) is 0 Å². The van der Waals surface area contributed by atoms with Crippen LogP contribution < -0.4 is 0 Å². The molecule has 1 aromatic rings. The first-order valence-corrected chi connectivity index (χ1v) is 10.3. The first-order valence-electron chi connectivity index (χ1n) is 9.92. The van der Waals surface area contributed by atoms with Gasteiger partial charge in [0, 0.05) is 31.0 Å². The second kappa shape index (κ2) is 6.50. The van der Waals surface area contributed by atoms with Gasteiger partial charge in [0.05, 0.1) is 18.8 Å². The Labute approximate surface area is 160 Å². The smallest absolute Gasteiger partial charge is 0.154 e. The topological polar surface area (TPSA) is 34.1 Å². The van der Waals surface area contributed by atoms with Crippen molar-refractivity contribution in [3.05, 3.63) is 34.9 Å². The fraction of sp³-hybridized carbons (Fsp3) is 0.667. The number of nitrogens with zero attached hydrogens (tertiary/aromatic N) is 2. The normalized spacial score (nSPS) is 39.0. The number of aliphatic imine (C=N–C) groups is 1. The van der Waals surface area contributed by atoms with Crippen LogP contribution in [0, 0.1) is 11.8 Å². The summed E-state index contributed by atoms with van der Waals surface area (Å²) in [5.41, 5.74) is 1.51. The Hall–Kier alpha value is -1.10. The number of morpholine rings is 1. The maximum absolute atomic E-state index is 6.15. The molecule has 5 rings (SSSR count). The van der Waals surface area contributed by atoms with Crippen LogP contribution in [0.25, 0.3) is 0 Å². The van der Waals surface area contributed by atoms with Gasteiger partial charge in [-0.05, 0) is 55.2 Å². The van der Waals surface area contributed by atoms with Crippen molar-refractivity contribution in [2.24, 2.45) is 16.8 Å². The lowest BCUT2D eigenvalue weighted by atomic mass is 9.69. The molecule has 3 fully saturated rings. The van der Waals surface area contributed by atoms with E-state index in [1.807, 2.05) is 12.1 Å². The molecule has 5 unspecified atom stereocenters. The molecule has 2 bridgehead atoms. The van der Waals surface area contributed by atoms with E-state index in [1.54, 1.807) is 7.11 Å². The van der Waals surface area contributed by atoms with Gasteiger partial charge in [-0.15, -0.1) is 0 Å². The molecule has 5 heteroatoms. The Morgan fingerprint density at radius 2 is 2.12 bits per heavy atom. The fourth-order valence-corrected chi connectivity index (χ4v) is 6.26. The van der Waals surface area contributed by atoms with Crippen LogP contribution in [0.4, 0.5) is 0 Å². The molecule has 140 valence electrons. The SMILES string of the molecule is COC1COCCN1C1=NC2(CC1)C1CCC(C1)C2c1ccc(Cl)cc1. The third-order valence-corrected chi connectivity index (χ3v) is 7.45. The molecule has 0 radical (unpaired) electrons. The van der Waals surface area contributed by atoms with Crippen molar-refractivity contribution in [1.29, 1.82) is 0 Å². The summed E-state index contributed by atoms with van der Waals surface area (Å²) >= 11 is 6.15. The van der Waals surface area contributed by atoms with Crippen molar-refractivity contribution in [2.45, 2.75) is 49.8 Å². The predicted octanol–water partition coefficient (Wildman–Crippen LogP) is 4.09. The van der Waals surface area contributed by atoms with Crippen LogP contribution in [0.1, 0.15) is 43.6 Å². The lowest BCUT2D eigenvalue weighted by Gasteiger charge is -2.39. The fourth-order valence-electron chi connectivity index (χ4n) is 6.13. The third kappa shape index (κ3) is 2.53. The summed E-state index contributed by atoms with van der Waals surface area (Å²) in [5.74, 6) is 3.28. The number of hydrogen-bond acceptors (Lipinski definition) is 4. The van der Waals surface area contributed by atoms with E-state index in [4.69, 9.17) is 26.1 Å². The summed E-state index contributed by atoms with van der Waals surface area (Å²) in [6.45, 7) is 2.28. The Bertz CT molecular complexity index is 706. The van der Waals surface area contributed by atoms with Crippen LogP contribution in [0.3, 0.4) is 0 Å². The molecular weight excluding hydrogens is 348 g/mol. The zero-order chi connectivity index (χ0) is 17.7. The number of benzene rings is 1. The first-order chi connectivity index (χ1) is 12.7. The lowest BCUT2D eigenvalue weighted by Crippen LogP contribution is -2.49. The number of ether oxygens (including phenoxy) is 2. The minimum atomic E-state index is 0.00484. The van der Waals surface area contributed by atoms with E-state index in [0.717, 1.165) is 36.4 Å². The average Bonchev–Trinajstić information content (AvgIpc) is 3.38. The van der Waals surface area contributed by atoms with Crippen molar-refractivity contribution in [3.63, 3.8) is 0 Å². The summed E-state index contributed by atoms with van der Waals surface area (Å²) < 4.78 is 11.3. The number of rotatable bonds is 2. The highest BCUT2D eigenvalue weighted by Crippen LogP contribution is 2.63. The summed E-state index contributed by atoms with van der Waals surface area (Å²) in [6, 6.07) is 8.55. The molecule has 1 aromatic carbocycles. The Kier molecular flexibility index (Phi) is 4.26. The molecule has 5 atom stereocenters. The number of amidine groups is 1. The van der Waals surface area contributed by atoms with Gasteiger partial charge in [0.2, 0.25) is 0 Å². The van der Waals surface area contributed by atoms with Crippen molar-refractivity contribution < 1.29 is 9.47 Å². The maximum Gasteiger partial charge on any atom is 0.154 e. The van der Waals surface area contributed by atoms with Crippen LogP contribution in [0.15, 0.2) is 29.3 Å². The van der Waals surface area contributed by atoms with Gasteiger partial charge in [-0.25, -0.2) is 0 Å². The number of hydrogen-bond donors (Lipinski definition) is 0. The molecule has 2 heterocycles. The number of methoxy groups -OCH3 is 1. The van der Waals surface area contributed by atoms with E-state index in [1.165, 1.54) is 37.1 Å². The molecular formula is C21H27ClN2O2. The predicted molar refractivity (Wildman–Crippen MR) is 103 cm³/mol. The highest BCUT2D eigenvalue weighted by molar-refractivity contribution is 6.30. The standard InChI is InChI=1S/C21H27ClN2O2/c1-25-19-13-26-11-10-24(19)18-8-9-21(23-18)16-5-2-15(12-16)20(21)14-3-6-17(22)7-4-14/h3-4,6-7,15-16,19-20H,2,5,8-13H2,1H3. The van der Waals surface area contributed by atoms with Gasteiger partial charge >= 0.3 is 0 Å². The van der Waals surface area contributed by atoms with Gasteiger partial charge in [-0.1, -0.05) is 23.7 Å². The van der Waals surface area contributed by atoms with E-state index >= 15 is 0 Å². The van der Waals surface area contributed by atoms with Gasteiger partial charge < -0.3 is 14.4 Å². The maximum atomic E-state index is 6.15. The van der Waals surface area contributed by atoms with E-state index in [2.05, 4.69) is 17.0 Å². The van der Waals surface area contributed by atoms with E-state index in [-0.39, 0.29) is 11.8 Å². The Morgan fingerprint density at radius 1 is 1.27 bits per heavy atom. The second-order valence-electron chi connectivity index (χ2n) is 8.28. The van der Waals surface area contributed by atoms with Crippen LogP contribution in [0.2, 0.25) is 5.02 Å². The number of fused-ring (bicyclic) bond motifs is 3. The molecule has 26 heavy (non-hydrogen) atoms. The van der Waals surface area contributed by atoms with Crippen LogP contribution in [0.5, 0.6) is 0 Å². The Balaban J connectivity index is 1.50. The molecule has 0 aromatic heterocycles. The number of halogens is 1. The highest BCUT2D eigenvalue weighted by Gasteiger charge is 2.60. The summed E-state index contributed by atoms with van der Waals surface area (Å²) in [4.78, 5) is 7.83. The molecule has 0 amide bonds. The molecule has 0 N–H and O–H groups in total. The lowest BCUT2D eigenvalue weighted by molar-refractivity contribution is -0.0949. The van der Waals surface area contributed by atoms with Gasteiger partial charge in [0.25, 0.3) is 0 Å². The minimum Gasteiger partial charge on any atom is -0.375 e. The molecule has 1 spiro atoms. The zero-order valence-corrected chi connectivity index (χ0v) is 16.1. The average molecular weight is 375 g/mol. The summed E-state index contributed by atoms with van der Waals surface area (Å²) in [6.07, 6.45) is 6.26. The second-order valence-corrected chi connectivity index (χ2v) is 8.71. The van der Waals surface area contributed by atoms with Gasteiger partial charge in [0.1, 0.15) is 5.84 Å². The van der Waals surface area contributed by atoms with Crippen molar-refractivity contribution >= 4 is 17.4 Å². The van der Waals surface area contributed by atoms with Crippen molar-refractivity contribution in [2.75, 3.05) is 26.9 Å². The molecule has 2 aliphatic carbocycles. The van der Waals surface area contributed by atoms with Crippen molar-refractivity contribution in [1.82, 2.24) is 4.90 Å². The molecule has 4 nitrogen and oxygen atoms in total. The summed E-state index contributed by atoms with van der Waals surface area (Å²) in [5, 5.41) is 0.817. The van der Waals surface area contributed by atoms with E-state index in [0.29, 0.717) is 12.5 Å². The molecule has 1 saturated heterocycles. The monoisotopic (exact) mass is 374 g/mol. The third-order valence-electron chi connectivity index (χ3n) is 7.19. The van der Waals surface area contributed by atoms with E-state index < -0.39 is 0 Å². The first kappa shape index (κ1) is 17.0. The molecule has 2 aliphatic heterocycles. The Morgan fingerprint density at radius 3 is 2.92 bits per heavy atom. The molecule has 2 saturated carbocycles.